The fraction of sp³-hybridized carbons (Fsp3) is 1.00. The molecule has 0 saturated heterocycles. The Labute approximate surface area is 101 Å². The third kappa shape index (κ3) is 7.23. The van der Waals surface area contributed by atoms with Gasteiger partial charge in [-0.05, 0) is 32.2 Å². The Kier molecular flexibility index (Phi) is 8.02. The fourth-order valence-electron chi connectivity index (χ4n) is 1.74. The van der Waals surface area contributed by atoms with Crippen LogP contribution in [0.15, 0.2) is 0 Å². The summed E-state index contributed by atoms with van der Waals surface area (Å²) in [5, 5.41) is 3.20. The molecule has 0 aromatic heterocycles. The summed E-state index contributed by atoms with van der Waals surface area (Å²) in [7, 11) is -0.900. The predicted molar refractivity (Wildman–Crippen MR) is 70.5 cm³/mol. The maximum absolute atomic E-state index is 11.7. The van der Waals surface area contributed by atoms with Crippen LogP contribution in [-0.2, 0) is 9.84 Å². The van der Waals surface area contributed by atoms with E-state index in [1.165, 1.54) is 0 Å². The highest BCUT2D eigenvalue weighted by Crippen LogP contribution is 2.09. The van der Waals surface area contributed by atoms with E-state index in [4.69, 9.17) is 0 Å². The molecule has 2 unspecified atom stereocenters. The lowest BCUT2D eigenvalue weighted by molar-refractivity contribution is 0.499. The number of hydrogen-bond donors (Lipinski definition) is 1. The summed E-state index contributed by atoms with van der Waals surface area (Å²) < 4.78 is 23.5. The van der Waals surface area contributed by atoms with Crippen molar-refractivity contribution in [1.82, 2.24) is 5.32 Å². The average molecular weight is 249 g/mol. The second-order valence-corrected chi connectivity index (χ2v) is 6.89. The van der Waals surface area contributed by atoms with Crippen LogP contribution in [0.25, 0.3) is 0 Å². The van der Waals surface area contributed by atoms with E-state index < -0.39 is 9.84 Å². The lowest BCUT2D eigenvalue weighted by Crippen LogP contribution is -2.25. The maximum atomic E-state index is 11.7. The van der Waals surface area contributed by atoms with Gasteiger partial charge in [0.2, 0.25) is 0 Å². The number of rotatable bonds is 9. The van der Waals surface area contributed by atoms with Gasteiger partial charge in [-0.15, -0.1) is 0 Å². The van der Waals surface area contributed by atoms with E-state index in [1.807, 2.05) is 20.9 Å². The molecule has 0 spiro atoms. The Morgan fingerprint density at radius 3 is 2.25 bits per heavy atom. The Balaban J connectivity index is 3.91. The van der Waals surface area contributed by atoms with Gasteiger partial charge in [-0.3, -0.25) is 0 Å². The zero-order chi connectivity index (χ0) is 12.6. The third-order valence-corrected chi connectivity index (χ3v) is 5.13. The maximum Gasteiger partial charge on any atom is 0.150 e. The SMILES string of the molecule is CCC(C)CS(=O)(=O)CCCC(CC)NC. The van der Waals surface area contributed by atoms with Crippen molar-refractivity contribution < 1.29 is 8.42 Å². The molecular formula is C12H27NO2S. The first-order valence-electron chi connectivity index (χ1n) is 6.32. The summed E-state index contributed by atoms with van der Waals surface area (Å²) in [4.78, 5) is 0. The quantitative estimate of drug-likeness (QED) is 0.681. The summed E-state index contributed by atoms with van der Waals surface area (Å²) in [5.74, 6) is 0.978. The standard InChI is InChI=1S/C12H27NO2S/c1-5-11(3)10-16(14,15)9-7-8-12(6-2)13-4/h11-13H,5-10H2,1-4H3. The van der Waals surface area contributed by atoms with E-state index in [2.05, 4.69) is 12.2 Å². The highest BCUT2D eigenvalue weighted by atomic mass is 32.2. The molecule has 0 aliphatic carbocycles. The van der Waals surface area contributed by atoms with E-state index in [0.29, 0.717) is 17.5 Å². The molecule has 4 heteroatoms. The van der Waals surface area contributed by atoms with E-state index >= 15 is 0 Å². The second kappa shape index (κ2) is 8.07. The lowest BCUT2D eigenvalue weighted by atomic mass is 10.1. The van der Waals surface area contributed by atoms with Crippen molar-refractivity contribution in [3.05, 3.63) is 0 Å². The fourth-order valence-corrected chi connectivity index (χ4v) is 3.61. The molecule has 0 aromatic rings. The Morgan fingerprint density at radius 2 is 1.81 bits per heavy atom. The summed E-state index contributed by atoms with van der Waals surface area (Å²) in [6.45, 7) is 6.16. The molecule has 0 aromatic carbocycles. The van der Waals surface area contributed by atoms with E-state index in [9.17, 15) is 8.42 Å². The molecule has 16 heavy (non-hydrogen) atoms. The first-order chi connectivity index (χ1) is 7.45. The van der Waals surface area contributed by atoms with Crippen LogP contribution in [-0.4, -0.2) is 33.0 Å². The molecule has 0 radical (unpaired) electrons. The van der Waals surface area contributed by atoms with E-state index in [0.717, 1.165) is 25.7 Å². The van der Waals surface area contributed by atoms with Crippen LogP contribution in [0.2, 0.25) is 0 Å². The minimum absolute atomic E-state index is 0.288. The van der Waals surface area contributed by atoms with Crippen molar-refractivity contribution in [2.24, 2.45) is 5.92 Å². The molecule has 0 rings (SSSR count). The minimum Gasteiger partial charge on any atom is -0.317 e. The normalized spacial score (nSPS) is 16.0. The highest BCUT2D eigenvalue weighted by molar-refractivity contribution is 7.91. The van der Waals surface area contributed by atoms with Crippen molar-refractivity contribution in [2.75, 3.05) is 18.6 Å². The van der Waals surface area contributed by atoms with E-state index in [1.54, 1.807) is 0 Å². The van der Waals surface area contributed by atoms with Gasteiger partial charge < -0.3 is 5.32 Å². The molecule has 2 atom stereocenters. The Hall–Kier alpha value is -0.0900. The molecule has 98 valence electrons. The summed E-state index contributed by atoms with van der Waals surface area (Å²) in [5.41, 5.74) is 0. The molecule has 3 nitrogen and oxygen atoms in total. The third-order valence-electron chi connectivity index (χ3n) is 3.14. The first-order valence-corrected chi connectivity index (χ1v) is 8.15. The van der Waals surface area contributed by atoms with Gasteiger partial charge in [0.15, 0.2) is 9.84 Å². The van der Waals surface area contributed by atoms with Crippen molar-refractivity contribution >= 4 is 9.84 Å². The van der Waals surface area contributed by atoms with Gasteiger partial charge in [0.25, 0.3) is 0 Å². The van der Waals surface area contributed by atoms with Crippen LogP contribution in [0.3, 0.4) is 0 Å². The largest absolute Gasteiger partial charge is 0.317 e. The second-order valence-electron chi connectivity index (χ2n) is 4.66. The molecule has 0 saturated carbocycles. The monoisotopic (exact) mass is 249 g/mol. The number of hydrogen-bond acceptors (Lipinski definition) is 3. The Morgan fingerprint density at radius 1 is 1.19 bits per heavy atom. The van der Waals surface area contributed by atoms with Crippen molar-refractivity contribution in [3.8, 4) is 0 Å². The zero-order valence-corrected chi connectivity index (χ0v) is 11.9. The van der Waals surface area contributed by atoms with Gasteiger partial charge in [-0.25, -0.2) is 8.42 Å². The van der Waals surface area contributed by atoms with Gasteiger partial charge in [-0.1, -0.05) is 27.2 Å². The van der Waals surface area contributed by atoms with Crippen LogP contribution in [0.5, 0.6) is 0 Å². The number of nitrogens with one attached hydrogen (secondary N) is 1. The van der Waals surface area contributed by atoms with E-state index in [-0.39, 0.29) is 5.92 Å². The molecule has 0 amide bonds. The van der Waals surface area contributed by atoms with Gasteiger partial charge in [0.1, 0.15) is 0 Å². The van der Waals surface area contributed by atoms with Crippen LogP contribution in [0.1, 0.15) is 46.5 Å². The molecule has 0 bridgehead atoms. The van der Waals surface area contributed by atoms with Crippen molar-refractivity contribution in [3.63, 3.8) is 0 Å². The van der Waals surface area contributed by atoms with Crippen molar-refractivity contribution in [1.29, 1.82) is 0 Å². The molecule has 1 N–H and O–H groups in total. The first kappa shape index (κ1) is 15.9. The van der Waals surface area contributed by atoms with Crippen LogP contribution in [0, 0.1) is 5.92 Å². The summed E-state index contributed by atoms with van der Waals surface area (Å²) in [6.07, 6.45) is 3.72. The molecule has 0 heterocycles. The topological polar surface area (TPSA) is 46.2 Å². The molecular weight excluding hydrogens is 222 g/mol. The average Bonchev–Trinajstić information content (AvgIpc) is 2.23. The highest BCUT2D eigenvalue weighted by Gasteiger charge is 2.15. The Bertz CT molecular complexity index is 258. The number of sulfone groups is 1. The summed E-state index contributed by atoms with van der Waals surface area (Å²) in [6, 6.07) is 0.457. The van der Waals surface area contributed by atoms with Gasteiger partial charge in [0, 0.05) is 6.04 Å². The lowest BCUT2D eigenvalue weighted by Gasteiger charge is -2.14. The van der Waals surface area contributed by atoms with Gasteiger partial charge in [0.05, 0.1) is 11.5 Å². The smallest absolute Gasteiger partial charge is 0.150 e. The van der Waals surface area contributed by atoms with Crippen LogP contribution < -0.4 is 5.32 Å². The predicted octanol–water partition coefficient (Wildman–Crippen LogP) is 2.23. The van der Waals surface area contributed by atoms with Crippen molar-refractivity contribution in [2.45, 2.75) is 52.5 Å². The molecule has 0 fully saturated rings. The minimum atomic E-state index is -2.83. The molecule has 0 aliphatic rings. The summed E-state index contributed by atoms with van der Waals surface area (Å²) >= 11 is 0. The zero-order valence-electron chi connectivity index (χ0n) is 11.1. The van der Waals surface area contributed by atoms with Crippen LogP contribution in [0.4, 0.5) is 0 Å². The molecule has 0 aliphatic heterocycles. The van der Waals surface area contributed by atoms with Gasteiger partial charge >= 0.3 is 0 Å². The van der Waals surface area contributed by atoms with Gasteiger partial charge in [-0.2, -0.15) is 0 Å². The van der Waals surface area contributed by atoms with Crippen LogP contribution >= 0.6 is 0 Å².